The van der Waals surface area contributed by atoms with Crippen LogP contribution >= 0.6 is 33.9 Å². The van der Waals surface area contributed by atoms with E-state index in [1.165, 1.54) is 4.88 Å². The summed E-state index contributed by atoms with van der Waals surface area (Å²) in [5, 5.41) is 0. The number of carbonyl (C=O) groups is 1. The fraction of sp³-hybridized carbons (Fsp3) is 0.375. The van der Waals surface area contributed by atoms with Gasteiger partial charge < -0.3 is 0 Å². The Bertz CT molecular complexity index is 301. The van der Waals surface area contributed by atoms with Gasteiger partial charge in [0.15, 0.2) is 5.78 Å². The van der Waals surface area contributed by atoms with E-state index in [9.17, 15) is 4.79 Å². The van der Waals surface area contributed by atoms with Crippen LogP contribution in [-0.4, -0.2) is 5.78 Å². The Morgan fingerprint density at radius 3 is 2.09 bits per heavy atom. The largest absolute Gasteiger partial charge is 0.294 e. The molecule has 0 radical (unpaired) electrons. The van der Waals surface area contributed by atoms with Gasteiger partial charge in [0, 0.05) is 18.9 Å². The molecule has 1 nitrogen and oxygen atoms in total. The van der Waals surface area contributed by atoms with E-state index in [4.69, 9.17) is 0 Å². The van der Waals surface area contributed by atoms with Crippen molar-refractivity contribution in [3.8, 4) is 0 Å². The molecule has 0 N–H and O–H groups in total. The number of aryl methyl sites for hydroxylation is 2. The first-order valence-corrected chi connectivity index (χ1v) is 5.20. The summed E-state index contributed by atoms with van der Waals surface area (Å²) in [6, 6.07) is 0. The Morgan fingerprint density at radius 2 is 1.91 bits per heavy atom. The molecule has 0 aliphatic heterocycles. The van der Waals surface area contributed by atoms with E-state index in [0.29, 0.717) is 0 Å². The number of hydrogen-bond donors (Lipinski definition) is 0. The lowest BCUT2D eigenvalue weighted by Crippen LogP contribution is -1.94. The Hall–Kier alpha value is 0.1000. The highest BCUT2D eigenvalue weighted by Gasteiger charge is 2.13. The molecule has 0 aromatic carbocycles. The number of hydrogen-bond acceptors (Lipinski definition) is 2. The van der Waals surface area contributed by atoms with Gasteiger partial charge in [-0.05, 0) is 43.4 Å². The minimum absolute atomic E-state index is 0.177. The Morgan fingerprint density at radius 1 is 1.36 bits per heavy atom. The molecule has 0 atom stereocenters. The third-order valence-corrected chi connectivity index (χ3v) is 4.27. The van der Waals surface area contributed by atoms with Crippen molar-refractivity contribution in [3.05, 3.63) is 18.9 Å². The fourth-order valence-corrected chi connectivity index (χ4v) is 3.35. The van der Waals surface area contributed by atoms with Gasteiger partial charge >= 0.3 is 0 Å². The van der Waals surface area contributed by atoms with Crippen molar-refractivity contribution < 1.29 is 4.79 Å². The first kappa shape index (κ1) is 9.19. The van der Waals surface area contributed by atoms with Gasteiger partial charge in [-0.3, -0.25) is 4.79 Å². The summed E-state index contributed by atoms with van der Waals surface area (Å²) in [5.74, 6) is 0.177. The molecule has 11 heavy (non-hydrogen) atoms. The first-order valence-electron chi connectivity index (χ1n) is 3.30. The van der Waals surface area contributed by atoms with Crippen LogP contribution in [0.15, 0.2) is 0 Å². The minimum Gasteiger partial charge on any atom is -0.294 e. The second-order valence-corrected chi connectivity index (χ2v) is 4.97. The maximum atomic E-state index is 11.1. The molecule has 0 saturated heterocycles. The minimum atomic E-state index is 0.177. The van der Waals surface area contributed by atoms with Crippen molar-refractivity contribution in [1.29, 1.82) is 0 Å². The fourth-order valence-electron chi connectivity index (χ4n) is 1.06. The normalized spacial score (nSPS) is 10.2. The van der Waals surface area contributed by atoms with Crippen LogP contribution < -0.4 is 0 Å². The zero-order chi connectivity index (χ0) is 8.59. The maximum absolute atomic E-state index is 11.1. The van der Waals surface area contributed by atoms with E-state index >= 15 is 0 Å². The van der Waals surface area contributed by atoms with Crippen LogP contribution in [0.3, 0.4) is 0 Å². The van der Waals surface area contributed by atoms with Gasteiger partial charge in [-0.2, -0.15) is 0 Å². The van der Waals surface area contributed by atoms with Crippen molar-refractivity contribution in [2.75, 3.05) is 0 Å². The summed E-state index contributed by atoms with van der Waals surface area (Å²) in [4.78, 5) is 13.5. The molecule has 0 unspecified atom stereocenters. The number of carbonyl (C=O) groups excluding carboxylic acids is 1. The molecule has 0 fully saturated rings. The molecule has 1 aromatic heterocycles. The number of Topliss-reactive ketones (excluding diaryl/α,β-unsaturated/α-hetero) is 1. The molecule has 1 rings (SSSR count). The van der Waals surface area contributed by atoms with E-state index in [1.54, 1.807) is 18.3 Å². The lowest BCUT2D eigenvalue weighted by atomic mass is 10.2. The molecule has 0 spiro atoms. The molecule has 0 saturated carbocycles. The average molecular weight is 280 g/mol. The monoisotopic (exact) mass is 280 g/mol. The van der Waals surface area contributed by atoms with Crippen molar-refractivity contribution >= 4 is 39.7 Å². The zero-order valence-electron chi connectivity index (χ0n) is 6.69. The predicted octanol–water partition coefficient (Wildman–Crippen LogP) is 3.17. The summed E-state index contributed by atoms with van der Waals surface area (Å²) in [5.41, 5.74) is 0.910. The number of rotatable bonds is 1. The molecule has 0 aliphatic carbocycles. The smallest absolute Gasteiger partial charge is 0.161 e. The second kappa shape index (κ2) is 3.23. The van der Waals surface area contributed by atoms with Crippen LogP contribution in [0.5, 0.6) is 0 Å². The average Bonchev–Trinajstić information content (AvgIpc) is 2.07. The van der Waals surface area contributed by atoms with E-state index in [1.807, 2.05) is 13.8 Å². The molecule has 0 bridgehead atoms. The lowest BCUT2D eigenvalue weighted by Gasteiger charge is -1.92. The molecule has 60 valence electrons. The van der Waals surface area contributed by atoms with E-state index < -0.39 is 0 Å². The predicted molar refractivity (Wildman–Crippen MR) is 56.5 cm³/mol. The zero-order valence-corrected chi connectivity index (χ0v) is 9.67. The van der Waals surface area contributed by atoms with Crippen molar-refractivity contribution in [1.82, 2.24) is 0 Å². The number of halogens is 1. The van der Waals surface area contributed by atoms with Crippen molar-refractivity contribution in [2.45, 2.75) is 20.8 Å². The van der Waals surface area contributed by atoms with Gasteiger partial charge in [0.2, 0.25) is 0 Å². The summed E-state index contributed by atoms with van der Waals surface area (Å²) in [7, 11) is 0. The number of thiophene rings is 1. The highest BCUT2D eigenvalue weighted by molar-refractivity contribution is 14.1. The van der Waals surface area contributed by atoms with E-state index in [2.05, 4.69) is 22.6 Å². The lowest BCUT2D eigenvalue weighted by molar-refractivity contribution is 0.101. The number of ketones is 1. The SMILES string of the molecule is CC(=O)c1c(C)sc(C)c1I. The summed E-state index contributed by atoms with van der Waals surface area (Å²) >= 11 is 3.93. The molecular weight excluding hydrogens is 271 g/mol. The standard InChI is InChI=1S/C8H9IOS/c1-4(10)7-5(2)11-6(3)8(7)9/h1-3H3. The van der Waals surface area contributed by atoms with Gasteiger partial charge in [-0.25, -0.2) is 0 Å². The van der Waals surface area contributed by atoms with E-state index in [0.717, 1.165) is 14.0 Å². The van der Waals surface area contributed by atoms with Crippen LogP contribution in [0.25, 0.3) is 0 Å². The van der Waals surface area contributed by atoms with Gasteiger partial charge in [0.25, 0.3) is 0 Å². The van der Waals surface area contributed by atoms with Gasteiger partial charge in [-0.1, -0.05) is 0 Å². The van der Waals surface area contributed by atoms with Crippen LogP contribution in [0.1, 0.15) is 27.0 Å². The highest BCUT2D eigenvalue weighted by Crippen LogP contribution is 2.28. The molecule has 0 amide bonds. The molecule has 1 aromatic rings. The molecule has 1 heterocycles. The van der Waals surface area contributed by atoms with Gasteiger partial charge in [0.05, 0.1) is 0 Å². The van der Waals surface area contributed by atoms with Gasteiger partial charge in [0.1, 0.15) is 0 Å². The molecular formula is C8H9IOS. The van der Waals surface area contributed by atoms with Crippen LogP contribution in [0.4, 0.5) is 0 Å². The first-order chi connectivity index (χ1) is 5.04. The second-order valence-electron chi connectivity index (χ2n) is 2.46. The topological polar surface area (TPSA) is 17.1 Å². The molecule has 0 aliphatic rings. The Kier molecular flexibility index (Phi) is 2.70. The maximum Gasteiger partial charge on any atom is 0.161 e. The third-order valence-electron chi connectivity index (χ3n) is 1.54. The highest BCUT2D eigenvalue weighted by atomic mass is 127. The van der Waals surface area contributed by atoms with Crippen LogP contribution in [0.2, 0.25) is 0 Å². The van der Waals surface area contributed by atoms with Crippen LogP contribution in [-0.2, 0) is 0 Å². The molecule has 3 heteroatoms. The van der Waals surface area contributed by atoms with Crippen molar-refractivity contribution in [3.63, 3.8) is 0 Å². The quantitative estimate of drug-likeness (QED) is 0.570. The summed E-state index contributed by atoms with van der Waals surface area (Å²) in [6.07, 6.45) is 0. The van der Waals surface area contributed by atoms with Crippen molar-refractivity contribution in [2.24, 2.45) is 0 Å². The van der Waals surface area contributed by atoms with Crippen LogP contribution in [0, 0.1) is 17.4 Å². The third kappa shape index (κ3) is 1.64. The summed E-state index contributed by atoms with van der Waals surface area (Å²) < 4.78 is 1.12. The summed E-state index contributed by atoms with van der Waals surface area (Å²) in [6.45, 7) is 5.67. The Balaban J connectivity index is 3.34. The van der Waals surface area contributed by atoms with Gasteiger partial charge in [-0.15, -0.1) is 11.3 Å². The Labute approximate surface area is 84.0 Å². The van der Waals surface area contributed by atoms with E-state index in [-0.39, 0.29) is 5.78 Å².